The predicted molar refractivity (Wildman–Crippen MR) is 104 cm³/mol. The van der Waals surface area contributed by atoms with Crippen LogP contribution in [0.3, 0.4) is 0 Å². The Kier molecular flexibility index (Phi) is 5.13. The van der Waals surface area contributed by atoms with Gasteiger partial charge < -0.3 is 5.32 Å². The zero-order valence-corrected chi connectivity index (χ0v) is 15.7. The fraction of sp³-hybridized carbons (Fsp3) is 0.364. The van der Waals surface area contributed by atoms with Gasteiger partial charge in [0.15, 0.2) is 0 Å². The van der Waals surface area contributed by atoms with Crippen LogP contribution in [0.4, 0.5) is 9.18 Å². The number of piperidine rings is 1. The Morgan fingerprint density at radius 2 is 1.64 bits per heavy atom. The summed E-state index contributed by atoms with van der Waals surface area (Å²) in [4.78, 5) is 28.9. The third-order valence-corrected chi connectivity index (χ3v) is 5.77. The average Bonchev–Trinajstić information content (AvgIpc) is 2.94. The van der Waals surface area contributed by atoms with Gasteiger partial charge >= 0.3 is 6.03 Å². The largest absolute Gasteiger partial charge is 0.325 e. The molecule has 0 bridgehead atoms. The van der Waals surface area contributed by atoms with Gasteiger partial charge in [-0.15, -0.1) is 0 Å². The Balaban J connectivity index is 1.36. The van der Waals surface area contributed by atoms with Gasteiger partial charge in [0.1, 0.15) is 11.4 Å². The van der Waals surface area contributed by atoms with Gasteiger partial charge in [-0.05, 0) is 30.9 Å². The minimum Gasteiger partial charge on any atom is -0.323 e. The minimum absolute atomic E-state index is 0.126. The maximum Gasteiger partial charge on any atom is 0.325 e. The van der Waals surface area contributed by atoms with Crippen LogP contribution >= 0.6 is 0 Å². The first kappa shape index (κ1) is 18.6. The highest BCUT2D eigenvalue weighted by Crippen LogP contribution is 2.30. The summed E-state index contributed by atoms with van der Waals surface area (Å²) in [7, 11) is 0. The molecule has 5 nitrogen and oxygen atoms in total. The molecule has 2 heterocycles. The van der Waals surface area contributed by atoms with E-state index in [1.165, 1.54) is 11.0 Å². The maximum absolute atomic E-state index is 13.9. The van der Waals surface area contributed by atoms with Crippen LogP contribution in [0.2, 0.25) is 0 Å². The van der Waals surface area contributed by atoms with E-state index in [4.69, 9.17) is 0 Å². The lowest BCUT2D eigenvalue weighted by atomic mass is 9.87. The summed E-state index contributed by atoms with van der Waals surface area (Å²) in [6, 6.07) is 16.3. The lowest BCUT2D eigenvalue weighted by Gasteiger charge is -2.37. The van der Waals surface area contributed by atoms with E-state index in [0.717, 1.165) is 5.56 Å². The van der Waals surface area contributed by atoms with Gasteiger partial charge in [0.2, 0.25) is 0 Å². The molecule has 146 valence electrons. The molecule has 2 fully saturated rings. The highest BCUT2D eigenvalue weighted by atomic mass is 19.1. The summed E-state index contributed by atoms with van der Waals surface area (Å²) in [6.07, 6.45) is 1.75. The first-order valence-corrected chi connectivity index (χ1v) is 9.71. The fourth-order valence-corrected chi connectivity index (χ4v) is 4.06. The van der Waals surface area contributed by atoms with Crippen LogP contribution in [0.15, 0.2) is 54.6 Å². The van der Waals surface area contributed by atoms with E-state index in [0.29, 0.717) is 51.0 Å². The smallest absolute Gasteiger partial charge is 0.323 e. The van der Waals surface area contributed by atoms with Crippen molar-refractivity contribution in [2.75, 3.05) is 19.6 Å². The van der Waals surface area contributed by atoms with Crippen LogP contribution in [-0.2, 0) is 17.8 Å². The molecular weight excluding hydrogens is 357 g/mol. The molecular formula is C22H24FN3O2. The van der Waals surface area contributed by atoms with Crippen LogP contribution < -0.4 is 5.32 Å². The van der Waals surface area contributed by atoms with Crippen LogP contribution in [0.25, 0.3) is 0 Å². The quantitative estimate of drug-likeness (QED) is 0.811. The summed E-state index contributed by atoms with van der Waals surface area (Å²) < 4.78 is 13.9. The third-order valence-electron chi connectivity index (χ3n) is 5.77. The van der Waals surface area contributed by atoms with Gasteiger partial charge in [-0.3, -0.25) is 14.6 Å². The van der Waals surface area contributed by atoms with Crippen molar-refractivity contribution in [3.05, 3.63) is 71.5 Å². The molecule has 3 amide bonds. The van der Waals surface area contributed by atoms with Gasteiger partial charge in [0.05, 0.1) is 0 Å². The van der Waals surface area contributed by atoms with Crippen molar-refractivity contribution in [1.82, 2.24) is 15.1 Å². The van der Waals surface area contributed by atoms with Crippen molar-refractivity contribution in [1.29, 1.82) is 0 Å². The molecule has 2 aromatic rings. The SMILES string of the molecule is O=C1NC2(CCN(Cc3ccccc3F)CC2)C(=O)N1CCc1ccccc1. The molecule has 0 radical (unpaired) electrons. The lowest BCUT2D eigenvalue weighted by Crippen LogP contribution is -2.54. The zero-order valence-electron chi connectivity index (χ0n) is 15.7. The topological polar surface area (TPSA) is 52.7 Å². The number of amides is 3. The van der Waals surface area contributed by atoms with Crippen molar-refractivity contribution in [2.24, 2.45) is 0 Å². The van der Waals surface area contributed by atoms with E-state index >= 15 is 0 Å². The maximum atomic E-state index is 13.9. The summed E-state index contributed by atoms with van der Waals surface area (Å²) in [6.45, 7) is 2.19. The molecule has 0 atom stereocenters. The molecule has 2 aromatic carbocycles. The number of imide groups is 1. The van der Waals surface area contributed by atoms with E-state index in [1.54, 1.807) is 12.1 Å². The fourth-order valence-electron chi connectivity index (χ4n) is 4.06. The van der Waals surface area contributed by atoms with Crippen molar-refractivity contribution in [3.8, 4) is 0 Å². The Morgan fingerprint density at radius 3 is 2.36 bits per heavy atom. The molecule has 0 saturated carbocycles. The Hall–Kier alpha value is -2.73. The average molecular weight is 381 g/mol. The first-order valence-electron chi connectivity index (χ1n) is 9.71. The van der Waals surface area contributed by atoms with Crippen molar-refractivity contribution >= 4 is 11.9 Å². The molecule has 0 aliphatic carbocycles. The van der Waals surface area contributed by atoms with Gasteiger partial charge in [-0.1, -0.05) is 48.5 Å². The van der Waals surface area contributed by atoms with E-state index in [1.807, 2.05) is 36.4 Å². The summed E-state index contributed by atoms with van der Waals surface area (Å²) >= 11 is 0. The van der Waals surface area contributed by atoms with Gasteiger partial charge in [0.25, 0.3) is 5.91 Å². The first-order chi connectivity index (χ1) is 13.6. The summed E-state index contributed by atoms with van der Waals surface area (Å²) in [5.74, 6) is -0.334. The van der Waals surface area contributed by atoms with Gasteiger partial charge in [-0.2, -0.15) is 0 Å². The monoisotopic (exact) mass is 381 g/mol. The second-order valence-corrected chi connectivity index (χ2v) is 7.57. The molecule has 0 unspecified atom stereocenters. The second-order valence-electron chi connectivity index (χ2n) is 7.57. The number of hydrogen-bond acceptors (Lipinski definition) is 3. The minimum atomic E-state index is -0.806. The third kappa shape index (κ3) is 3.64. The number of hydrogen-bond donors (Lipinski definition) is 1. The number of likely N-dealkylation sites (tertiary alicyclic amines) is 1. The number of benzene rings is 2. The number of urea groups is 1. The highest BCUT2D eigenvalue weighted by molar-refractivity contribution is 6.07. The number of nitrogens with one attached hydrogen (secondary N) is 1. The second kappa shape index (κ2) is 7.72. The van der Waals surface area contributed by atoms with Crippen LogP contribution in [0, 0.1) is 5.82 Å². The standard InChI is InChI=1S/C22H24FN3O2/c23-19-9-5-4-8-18(19)16-25-14-11-22(12-15-25)20(27)26(21(28)24-22)13-10-17-6-2-1-3-7-17/h1-9H,10-16H2,(H,24,28). The molecule has 1 N–H and O–H groups in total. The van der Waals surface area contributed by atoms with Crippen LogP contribution in [0.5, 0.6) is 0 Å². The molecule has 0 aromatic heterocycles. The predicted octanol–water partition coefficient (Wildman–Crippen LogP) is 2.95. The lowest BCUT2D eigenvalue weighted by molar-refractivity contribution is -0.133. The van der Waals surface area contributed by atoms with E-state index in [2.05, 4.69) is 10.2 Å². The molecule has 1 spiro atoms. The molecule has 4 rings (SSSR count). The number of rotatable bonds is 5. The Labute approximate surface area is 164 Å². The van der Waals surface area contributed by atoms with Crippen molar-refractivity contribution < 1.29 is 14.0 Å². The normalized spacial score (nSPS) is 19.2. The molecule has 28 heavy (non-hydrogen) atoms. The number of nitrogens with zero attached hydrogens (tertiary/aromatic N) is 2. The number of carbonyl (C=O) groups excluding carboxylic acids is 2. The van der Waals surface area contributed by atoms with E-state index < -0.39 is 5.54 Å². The Bertz CT molecular complexity index is 863. The van der Waals surface area contributed by atoms with E-state index in [-0.39, 0.29) is 17.8 Å². The van der Waals surface area contributed by atoms with Crippen molar-refractivity contribution in [2.45, 2.75) is 31.3 Å². The zero-order chi connectivity index (χ0) is 19.6. The van der Waals surface area contributed by atoms with Gasteiger partial charge in [-0.25, -0.2) is 9.18 Å². The molecule has 6 heteroatoms. The Morgan fingerprint density at radius 1 is 0.964 bits per heavy atom. The van der Waals surface area contributed by atoms with E-state index in [9.17, 15) is 14.0 Å². The molecule has 2 aliphatic heterocycles. The summed E-state index contributed by atoms with van der Waals surface area (Å²) in [5, 5.41) is 2.94. The molecule has 2 saturated heterocycles. The highest BCUT2D eigenvalue weighted by Gasteiger charge is 2.51. The molecule has 2 aliphatic rings. The van der Waals surface area contributed by atoms with Crippen LogP contribution in [-0.4, -0.2) is 46.9 Å². The van der Waals surface area contributed by atoms with Crippen molar-refractivity contribution in [3.63, 3.8) is 0 Å². The summed E-state index contributed by atoms with van der Waals surface area (Å²) in [5.41, 5.74) is 0.952. The number of carbonyl (C=O) groups is 2. The van der Waals surface area contributed by atoms with Gasteiger partial charge in [0, 0.05) is 31.7 Å². The van der Waals surface area contributed by atoms with Crippen LogP contribution in [0.1, 0.15) is 24.0 Å². The number of halogens is 1.